The van der Waals surface area contributed by atoms with Gasteiger partial charge < -0.3 is 10.6 Å². The lowest BCUT2D eigenvalue weighted by atomic mass is 10.0. The number of hydrogen-bond acceptors (Lipinski definition) is 3. The lowest BCUT2D eigenvalue weighted by Gasteiger charge is -2.19. The average Bonchev–Trinajstić information content (AvgIpc) is 2.55. The first-order chi connectivity index (χ1) is 10.2. The van der Waals surface area contributed by atoms with Gasteiger partial charge in [-0.1, -0.05) is 6.07 Å². The Bertz CT molecular complexity index is 640. The second kappa shape index (κ2) is 5.95. The Morgan fingerprint density at radius 3 is 3.05 bits per heavy atom. The van der Waals surface area contributed by atoms with E-state index in [9.17, 15) is 4.79 Å². The average molecular weight is 281 g/mol. The Labute approximate surface area is 124 Å². The lowest BCUT2D eigenvalue weighted by Crippen LogP contribution is -2.27. The first-order valence-electron chi connectivity index (χ1n) is 7.32. The highest BCUT2D eigenvalue weighted by molar-refractivity contribution is 5.95. The minimum atomic E-state index is -0.104. The van der Waals surface area contributed by atoms with E-state index in [1.807, 2.05) is 43.3 Å². The summed E-state index contributed by atoms with van der Waals surface area (Å²) in [5.74, 6) is -0.0541. The van der Waals surface area contributed by atoms with E-state index in [0.29, 0.717) is 5.56 Å². The molecule has 0 aliphatic carbocycles. The minimum Gasteiger partial charge on any atom is -0.385 e. The highest BCUT2D eigenvalue weighted by Gasteiger charge is 2.15. The maximum Gasteiger partial charge on any atom is 0.251 e. The second-order valence-corrected chi connectivity index (χ2v) is 5.35. The number of pyridine rings is 1. The fraction of sp³-hybridized carbons (Fsp3) is 0.294. The minimum absolute atomic E-state index is 0.0541. The number of benzene rings is 1. The van der Waals surface area contributed by atoms with Crippen LogP contribution in [0.4, 0.5) is 5.69 Å². The Balaban J connectivity index is 1.73. The van der Waals surface area contributed by atoms with Crippen LogP contribution in [0, 0.1) is 0 Å². The van der Waals surface area contributed by atoms with Crippen LogP contribution in [0.1, 0.15) is 41.0 Å². The molecule has 1 aromatic carbocycles. The number of rotatable bonds is 3. The predicted molar refractivity (Wildman–Crippen MR) is 83.4 cm³/mol. The smallest absolute Gasteiger partial charge is 0.251 e. The Morgan fingerprint density at radius 2 is 2.24 bits per heavy atom. The van der Waals surface area contributed by atoms with Gasteiger partial charge >= 0.3 is 0 Å². The van der Waals surface area contributed by atoms with Gasteiger partial charge in [0.25, 0.3) is 5.91 Å². The third-order valence-corrected chi connectivity index (χ3v) is 3.78. The van der Waals surface area contributed by atoms with Gasteiger partial charge in [-0.2, -0.15) is 0 Å². The van der Waals surface area contributed by atoms with Crippen molar-refractivity contribution in [2.24, 2.45) is 0 Å². The van der Waals surface area contributed by atoms with Crippen molar-refractivity contribution in [1.29, 1.82) is 0 Å². The largest absolute Gasteiger partial charge is 0.385 e. The van der Waals surface area contributed by atoms with Crippen molar-refractivity contribution >= 4 is 11.6 Å². The van der Waals surface area contributed by atoms with E-state index in [0.717, 1.165) is 30.8 Å². The number of anilines is 1. The number of carbonyl (C=O) groups is 1. The zero-order valence-corrected chi connectivity index (χ0v) is 12.1. The maximum atomic E-state index is 12.4. The number of fused-ring (bicyclic) bond motifs is 1. The van der Waals surface area contributed by atoms with Gasteiger partial charge in [-0.15, -0.1) is 0 Å². The summed E-state index contributed by atoms with van der Waals surface area (Å²) < 4.78 is 0. The van der Waals surface area contributed by atoms with Gasteiger partial charge in [0.2, 0.25) is 0 Å². The van der Waals surface area contributed by atoms with Crippen LogP contribution in [0.3, 0.4) is 0 Å². The van der Waals surface area contributed by atoms with E-state index >= 15 is 0 Å². The van der Waals surface area contributed by atoms with E-state index in [1.165, 1.54) is 5.56 Å². The summed E-state index contributed by atoms with van der Waals surface area (Å²) >= 11 is 0. The van der Waals surface area contributed by atoms with Crippen LogP contribution in [-0.4, -0.2) is 17.4 Å². The van der Waals surface area contributed by atoms with Gasteiger partial charge in [-0.3, -0.25) is 9.78 Å². The molecule has 2 heterocycles. The van der Waals surface area contributed by atoms with Crippen LogP contribution >= 0.6 is 0 Å². The quantitative estimate of drug-likeness (QED) is 0.909. The topological polar surface area (TPSA) is 54.0 Å². The molecular weight excluding hydrogens is 262 g/mol. The fourth-order valence-electron chi connectivity index (χ4n) is 2.60. The van der Waals surface area contributed by atoms with Crippen LogP contribution in [0.25, 0.3) is 0 Å². The second-order valence-electron chi connectivity index (χ2n) is 5.35. The molecule has 0 fully saturated rings. The van der Waals surface area contributed by atoms with Crippen molar-refractivity contribution in [2.75, 3.05) is 11.9 Å². The highest BCUT2D eigenvalue weighted by Crippen LogP contribution is 2.23. The van der Waals surface area contributed by atoms with Crippen molar-refractivity contribution in [1.82, 2.24) is 10.3 Å². The molecule has 0 saturated carbocycles. The van der Waals surface area contributed by atoms with Gasteiger partial charge in [0, 0.05) is 24.0 Å². The van der Waals surface area contributed by atoms with Crippen LogP contribution in [0.2, 0.25) is 0 Å². The molecular formula is C17H19N3O. The molecule has 2 N–H and O–H groups in total. The van der Waals surface area contributed by atoms with E-state index < -0.39 is 0 Å². The molecule has 108 valence electrons. The molecule has 1 atom stereocenters. The fourth-order valence-corrected chi connectivity index (χ4v) is 2.60. The van der Waals surface area contributed by atoms with Gasteiger partial charge in [0.05, 0.1) is 11.7 Å². The van der Waals surface area contributed by atoms with Gasteiger partial charge in [-0.25, -0.2) is 0 Å². The summed E-state index contributed by atoms with van der Waals surface area (Å²) in [5.41, 5.74) is 3.95. The van der Waals surface area contributed by atoms with Crippen LogP contribution < -0.4 is 10.6 Å². The third-order valence-electron chi connectivity index (χ3n) is 3.78. The van der Waals surface area contributed by atoms with E-state index in [2.05, 4.69) is 15.6 Å². The summed E-state index contributed by atoms with van der Waals surface area (Å²) in [7, 11) is 0. The number of nitrogens with zero attached hydrogens (tertiary/aromatic N) is 1. The molecule has 1 aliphatic heterocycles. The normalized spacial score (nSPS) is 14.7. The van der Waals surface area contributed by atoms with Crippen LogP contribution in [0.5, 0.6) is 0 Å². The molecule has 1 amide bonds. The summed E-state index contributed by atoms with van der Waals surface area (Å²) in [6.45, 7) is 2.95. The first kappa shape index (κ1) is 13.6. The van der Waals surface area contributed by atoms with Crippen molar-refractivity contribution in [2.45, 2.75) is 25.8 Å². The standard InChI is InChI=1S/C17H19N3O/c1-12(15-6-2-3-9-18-15)20-17(21)14-7-8-16-13(11-14)5-4-10-19-16/h2-3,6-9,11-12,19H,4-5,10H2,1H3,(H,20,21)/t12-/m0/s1. The van der Waals surface area contributed by atoms with Crippen molar-refractivity contribution in [3.05, 3.63) is 59.4 Å². The molecule has 1 aromatic heterocycles. The van der Waals surface area contributed by atoms with Crippen molar-refractivity contribution < 1.29 is 4.79 Å². The number of hydrogen-bond donors (Lipinski definition) is 2. The third kappa shape index (κ3) is 3.05. The Morgan fingerprint density at radius 1 is 1.33 bits per heavy atom. The summed E-state index contributed by atoms with van der Waals surface area (Å²) in [6, 6.07) is 11.5. The highest BCUT2D eigenvalue weighted by atomic mass is 16.1. The molecule has 3 rings (SSSR count). The molecule has 0 radical (unpaired) electrons. The van der Waals surface area contributed by atoms with Gasteiger partial charge in [0.15, 0.2) is 0 Å². The molecule has 4 heteroatoms. The molecule has 4 nitrogen and oxygen atoms in total. The van der Waals surface area contributed by atoms with Crippen molar-refractivity contribution in [3.8, 4) is 0 Å². The summed E-state index contributed by atoms with van der Waals surface area (Å²) in [6.07, 6.45) is 3.88. The molecule has 0 saturated heterocycles. The summed E-state index contributed by atoms with van der Waals surface area (Å²) in [5, 5.41) is 6.35. The van der Waals surface area contributed by atoms with E-state index in [-0.39, 0.29) is 11.9 Å². The lowest BCUT2D eigenvalue weighted by molar-refractivity contribution is 0.0939. The zero-order chi connectivity index (χ0) is 14.7. The van der Waals surface area contributed by atoms with Gasteiger partial charge in [0.1, 0.15) is 0 Å². The Kier molecular flexibility index (Phi) is 3.86. The number of carbonyl (C=O) groups excluding carboxylic acids is 1. The number of nitrogens with one attached hydrogen (secondary N) is 2. The number of aryl methyl sites for hydroxylation is 1. The van der Waals surface area contributed by atoms with Crippen LogP contribution in [-0.2, 0) is 6.42 Å². The van der Waals surface area contributed by atoms with Crippen molar-refractivity contribution in [3.63, 3.8) is 0 Å². The predicted octanol–water partition coefficient (Wildman–Crippen LogP) is 2.93. The first-order valence-corrected chi connectivity index (χ1v) is 7.32. The zero-order valence-electron chi connectivity index (χ0n) is 12.1. The van der Waals surface area contributed by atoms with Gasteiger partial charge in [-0.05, 0) is 55.7 Å². The van der Waals surface area contributed by atoms with E-state index in [4.69, 9.17) is 0 Å². The molecule has 0 bridgehead atoms. The number of amides is 1. The number of aromatic nitrogens is 1. The molecule has 21 heavy (non-hydrogen) atoms. The molecule has 0 unspecified atom stereocenters. The summed E-state index contributed by atoms with van der Waals surface area (Å²) in [4.78, 5) is 16.6. The molecule has 1 aliphatic rings. The monoisotopic (exact) mass is 281 g/mol. The van der Waals surface area contributed by atoms with E-state index in [1.54, 1.807) is 6.20 Å². The SMILES string of the molecule is C[C@H](NC(=O)c1ccc2c(c1)CCCN2)c1ccccn1. The maximum absolute atomic E-state index is 12.4. The Hall–Kier alpha value is -2.36. The molecule has 0 spiro atoms. The van der Waals surface area contributed by atoms with Crippen LogP contribution in [0.15, 0.2) is 42.6 Å². The molecule has 2 aromatic rings.